The summed E-state index contributed by atoms with van der Waals surface area (Å²) in [6.45, 7) is 6.21. The highest BCUT2D eigenvalue weighted by atomic mass is 16.2. The number of hydrogen-bond donors (Lipinski definition) is 0. The molecule has 0 heterocycles. The number of nitrogens with zero attached hydrogens (tertiary/aromatic N) is 3. The molecule has 4 rings (SSSR count). The molecule has 3 aliphatic carbocycles. The van der Waals surface area contributed by atoms with Gasteiger partial charge in [0.05, 0.1) is 0 Å². The van der Waals surface area contributed by atoms with Crippen molar-refractivity contribution in [2.45, 2.75) is 174 Å². The summed E-state index contributed by atoms with van der Waals surface area (Å²) in [5, 5.41) is 0. The molecule has 6 heteroatoms. The van der Waals surface area contributed by atoms with Crippen LogP contribution in [-0.4, -0.2) is 35.8 Å². The highest BCUT2D eigenvalue weighted by Gasteiger charge is 2.33. The molecule has 0 aliphatic heterocycles. The Morgan fingerprint density at radius 2 is 0.714 bits per heavy atom. The number of benzene rings is 1. The lowest BCUT2D eigenvalue weighted by atomic mass is 9.91. The van der Waals surface area contributed by atoms with E-state index in [2.05, 4.69) is 53.7 Å². The largest absolute Gasteiger partial charge is 0.309 e. The van der Waals surface area contributed by atoms with Gasteiger partial charge in [0.2, 0.25) is 17.7 Å². The van der Waals surface area contributed by atoms with Gasteiger partial charge in [-0.15, -0.1) is 0 Å². The quantitative estimate of drug-likeness (QED) is 0.248. The molecule has 0 bridgehead atoms. The van der Waals surface area contributed by atoms with E-state index in [1.165, 1.54) is 19.3 Å². The molecule has 1 aromatic carbocycles. The van der Waals surface area contributed by atoms with Crippen LogP contribution < -0.4 is 14.7 Å². The van der Waals surface area contributed by atoms with Gasteiger partial charge in [-0.25, -0.2) is 0 Å². The zero-order chi connectivity index (χ0) is 29.9. The molecule has 0 N–H and O–H groups in total. The van der Waals surface area contributed by atoms with Gasteiger partial charge in [-0.3, -0.25) is 14.4 Å². The molecule has 3 amide bonds. The highest BCUT2D eigenvalue weighted by molar-refractivity contribution is 6.01. The van der Waals surface area contributed by atoms with Crippen LogP contribution in [0.2, 0.25) is 0 Å². The van der Waals surface area contributed by atoms with E-state index in [0.717, 1.165) is 113 Å². The zero-order valence-electron chi connectivity index (χ0n) is 26.9. The van der Waals surface area contributed by atoms with Crippen molar-refractivity contribution in [1.82, 2.24) is 0 Å². The van der Waals surface area contributed by atoms with Crippen LogP contribution in [0.5, 0.6) is 0 Å². The van der Waals surface area contributed by atoms with Gasteiger partial charge in [-0.05, 0) is 76.0 Å². The Morgan fingerprint density at radius 3 is 0.929 bits per heavy atom. The summed E-state index contributed by atoms with van der Waals surface area (Å²) in [5.41, 5.74) is 2.63. The second-order valence-corrected chi connectivity index (χ2v) is 13.1. The van der Waals surface area contributed by atoms with E-state index in [9.17, 15) is 14.4 Å². The van der Waals surface area contributed by atoms with Gasteiger partial charge >= 0.3 is 0 Å². The van der Waals surface area contributed by atoms with Crippen LogP contribution >= 0.6 is 0 Å². The first kappa shape index (κ1) is 32.5. The molecule has 1 aromatic rings. The van der Waals surface area contributed by atoms with Crippen molar-refractivity contribution in [3.8, 4) is 0 Å². The number of rotatable bonds is 12. The van der Waals surface area contributed by atoms with Crippen molar-refractivity contribution in [2.24, 2.45) is 0 Å². The first-order valence-electron chi connectivity index (χ1n) is 17.6. The fourth-order valence-electron chi connectivity index (χ4n) is 7.69. The Hall–Kier alpha value is -2.37. The Labute approximate surface area is 255 Å². The van der Waals surface area contributed by atoms with Gasteiger partial charge in [0.1, 0.15) is 0 Å². The molecular weight excluding hydrogens is 522 g/mol. The molecule has 6 nitrogen and oxygen atoms in total. The lowest BCUT2D eigenvalue weighted by molar-refractivity contribution is -0.120. The standard InChI is InChI=1S/C36H57N3O3/c1-4-16-34(40)37(28-19-10-7-11-20-28)31-25-32(38(35(41)17-5-2)29-21-12-8-13-22-29)27-33(26-31)39(36(42)18-6-3)30-23-14-9-15-24-30/h25-30H,4-24H2,1-3H3. The topological polar surface area (TPSA) is 60.9 Å². The lowest BCUT2D eigenvalue weighted by Crippen LogP contribution is -2.44. The van der Waals surface area contributed by atoms with Crippen molar-refractivity contribution < 1.29 is 14.4 Å². The molecule has 0 saturated heterocycles. The summed E-state index contributed by atoms with van der Waals surface area (Å²) in [4.78, 5) is 47.8. The maximum atomic E-state index is 13.8. The van der Waals surface area contributed by atoms with Crippen LogP contribution in [0, 0.1) is 0 Å². The molecule has 0 radical (unpaired) electrons. The predicted octanol–water partition coefficient (Wildman–Crippen LogP) is 9.08. The van der Waals surface area contributed by atoms with Gasteiger partial charge in [-0.2, -0.15) is 0 Å². The monoisotopic (exact) mass is 579 g/mol. The maximum absolute atomic E-state index is 13.8. The fraction of sp³-hybridized carbons (Fsp3) is 0.750. The summed E-state index contributed by atoms with van der Waals surface area (Å²) in [5.74, 6) is 0.502. The van der Waals surface area contributed by atoms with Gasteiger partial charge < -0.3 is 14.7 Å². The minimum absolute atomic E-state index is 0.167. The third-order valence-electron chi connectivity index (χ3n) is 9.74. The third kappa shape index (κ3) is 8.17. The Balaban J connectivity index is 1.89. The van der Waals surface area contributed by atoms with E-state index >= 15 is 0 Å². The molecule has 42 heavy (non-hydrogen) atoms. The van der Waals surface area contributed by atoms with Crippen LogP contribution in [0.25, 0.3) is 0 Å². The van der Waals surface area contributed by atoms with E-state index in [-0.39, 0.29) is 35.8 Å². The molecule has 3 fully saturated rings. The van der Waals surface area contributed by atoms with Gasteiger partial charge in [0.25, 0.3) is 0 Å². The SMILES string of the molecule is CCCC(=O)N(c1cc(N(C(=O)CCC)C2CCCCC2)cc(N(C(=O)CCC)C2CCCCC2)c1)C1CCCCC1. The van der Waals surface area contributed by atoms with Gasteiger partial charge in [-0.1, -0.05) is 78.6 Å². The molecular formula is C36H57N3O3. The Bertz CT molecular complexity index is 881. The smallest absolute Gasteiger partial charge is 0.227 e. The van der Waals surface area contributed by atoms with E-state index in [1.807, 2.05) is 0 Å². The van der Waals surface area contributed by atoms with E-state index in [0.29, 0.717) is 19.3 Å². The van der Waals surface area contributed by atoms with Crippen LogP contribution in [0.3, 0.4) is 0 Å². The average Bonchev–Trinajstić information content (AvgIpc) is 3.00. The van der Waals surface area contributed by atoms with Crippen molar-refractivity contribution in [2.75, 3.05) is 14.7 Å². The van der Waals surface area contributed by atoms with Crippen LogP contribution in [-0.2, 0) is 14.4 Å². The molecule has 3 saturated carbocycles. The summed E-state index contributed by atoms with van der Waals surface area (Å²) in [7, 11) is 0. The fourth-order valence-corrected chi connectivity index (χ4v) is 7.69. The van der Waals surface area contributed by atoms with Crippen molar-refractivity contribution in [3.05, 3.63) is 18.2 Å². The second-order valence-electron chi connectivity index (χ2n) is 13.1. The number of anilines is 3. The highest BCUT2D eigenvalue weighted by Crippen LogP contribution is 2.39. The normalized spacial score (nSPS) is 18.9. The lowest BCUT2D eigenvalue weighted by Gasteiger charge is -2.40. The van der Waals surface area contributed by atoms with Crippen LogP contribution in [0.1, 0.15) is 156 Å². The van der Waals surface area contributed by atoms with Crippen molar-refractivity contribution in [3.63, 3.8) is 0 Å². The van der Waals surface area contributed by atoms with E-state index in [4.69, 9.17) is 0 Å². The molecule has 0 atom stereocenters. The number of carbonyl (C=O) groups is 3. The summed E-state index contributed by atoms with van der Waals surface area (Å²) >= 11 is 0. The third-order valence-corrected chi connectivity index (χ3v) is 9.74. The molecule has 0 spiro atoms. The maximum Gasteiger partial charge on any atom is 0.227 e. The molecule has 0 aromatic heterocycles. The summed E-state index contributed by atoms with van der Waals surface area (Å²) in [6, 6.07) is 6.88. The average molecular weight is 580 g/mol. The molecule has 234 valence electrons. The number of hydrogen-bond acceptors (Lipinski definition) is 3. The first-order chi connectivity index (χ1) is 20.5. The van der Waals surface area contributed by atoms with Crippen molar-refractivity contribution >= 4 is 34.8 Å². The van der Waals surface area contributed by atoms with E-state index < -0.39 is 0 Å². The summed E-state index contributed by atoms with van der Waals surface area (Å²) < 4.78 is 0. The van der Waals surface area contributed by atoms with E-state index in [1.54, 1.807) is 0 Å². The summed E-state index contributed by atoms with van der Waals surface area (Å²) in [6.07, 6.45) is 20.5. The van der Waals surface area contributed by atoms with Crippen LogP contribution in [0.4, 0.5) is 17.1 Å². The van der Waals surface area contributed by atoms with Crippen molar-refractivity contribution in [1.29, 1.82) is 0 Å². The van der Waals surface area contributed by atoms with Gasteiger partial charge in [0.15, 0.2) is 0 Å². The minimum atomic E-state index is 0.167. The van der Waals surface area contributed by atoms with Gasteiger partial charge in [0, 0.05) is 54.5 Å². The zero-order valence-corrected chi connectivity index (χ0v) is 26.9. The molecule has 3 aliphatic rings. The Morgan fingerprint density at radius 1 is 0.476 bits per heavy atom. The second kappa shape index (κ2) is 16.5. The first-order valence-corrected chi connectivity index (χ1v) is 17.6. The number of carbonyl (C=O) groups excluding carboxylic acids is 3. The number of amides is 3. The molecule has 0 unspecified atom stereocenters. The van der Waals surface area contributed by atoms with Crippen LogP contribution in [0.15, 0.2) is 18.2 Å². The Kier molecular flexibility index (Phi) is 12.8. The predicted molar refractivity (Wildman–Crippen MR) is 174 cm³/mol. The minimum Gasteiger partial charge on any atom is -0.309 e.